The smallest absolute Gasteiger partial charge is 0.241 e. The highest BCUT2D eigenvalue weighted by Crippen LogP contribution is 2.22. The van der Waals surface area contributed by atoms with Crippen molar-refractivity contribution in [3.05, 3.63) is 23.8 Å². The number of ether oxygens (including phenoxy) is 1. The summed E-state index contributed by atoms with van der Waals surface area (Å²) in [4.78, 5) is 0.288. The summed E-state index contributed by atoms with van der Waals surface area (Å²) in [6.07, 6.45) is 2.02. The van der Waals surface area contributed by atoms with Crippen LogP contribution in [-0.4, -0.2) is 28.1 Å². The van der Waals surface area contributed by atoms with Gasteiger partial charge in [-0.2, -0.15) is 0 Å². The Kier molecular flexibility index (Phi) is 6.45. The molecule has 0 spiro atoms. The summed E-state index contributed by atoms with van der Waals surface area (Å²) in [5, 5.41) is 0. The van der Waals surface area contributed by atoms with Gasteiger partial charge in [0.15, 0.2) is 0 Å². The molecule has 5 nitrogen and oxygen atoms in total. The number of rotatable bonds is 8. The zero-order chi connectivity index (χ0) is 15.2. The molecule has 0 saturated heterocycles. The maximum atomic E-state index is 12.5. The van der Waals surface area contributed by atoms with E-state index in [9.17, 15) is 8.42 Å². The first kappa shape index (κ1) is 16.9. The van der Waals surface area contributed by atoms with Crippen LogP contribution in [0.25, 0.3) is 0 Å². The van der Waals surface area contributed by atoms with Crippen molar-refractivity contribution in [3.8, 4) is 5.75 Å². The van der Waals surface area contributed by atoms with Crippen LogP contribution < -0.4 is 15.2 Å². The molecule has 6 heteroatoms. The van der Waals surface area contributed by atoms with Gasteiger partial charge in [-0.05, 0) is 49.6 Å². The molecule has 0 amide bonds. The molecular weight excluding hydrogens is 276 g/mol. The number of methoxy groups -OCH3 is 1. The molecule has 0 atom stereocenters. The standard InChI is InChI=1S/C14H24N2O3S/c1-4-12(5-2)16-20(17,18)14-7-6-13(19-3)10-11(14)8-9-15/h6-7,10,12,16H,4-5,8-9,15H2,1-3H3. The second kappa shape index (κ2) is 7.61. The third-order valence-corrected chi connectivity index (χ3v) is 4.90. The fourth-order valence-electron chi connectivity index (χ4n) is 2.03. The first-order chi connectivity index (χ1) is 9.48. The third kappa shape index (κ3) is 4.19. The lowest BCUT2D eigenvalue weighted by atomic mass is 10.1. The molecule has 0 fully saturated rings. The molecule has 0 aliphatic rings. The Bertz CT molecular complexity index is 525. The van der Waals surface area contributed by atoms with E-state index in [0.717, 1.165) is 12.8 Å². The predicted octanol–water partition coefficient (Wildman–Crippen LogP) is 1.66. The molecule has 20 heavy (non-hydrogen) atoms. The summed E-state index contributed by atoms with van der Waals surface area (Å²) >= 11 is 0. The van der Waals surface area contributed by atoms with Gasteiger partial charge in [-0.3, -0.25) is 0 Å². The fourth-order valence-corrected chi connectivity index (χ4v) is 3.69. The molecule has 0 unspecified atom stereocenters. The van der Waals surface area contributed by atoms with E-state index < -0.39 is 10.0 Å². The molecule has 0 aliphatic carbocycles. The summed E-state index contributed by atoms with van der Waals surface area (Å²) < 4.78 is 32.8. The van der Waals surface area contributed by atoms with Crippen LogP contribution in [0, 0.1) is 0 Å². The fraction of sp³-hybridized carbons (Fsp3) is 0.571. The Morgan fingerprint density at radius 2 is 1.95 bits per heavy atom. The van der Waals surface area contributed by atoms with Crippen molar-refractivity contribution in [3.63, 3.8) is 0 Å². The van der Waals surface area contributed by atoms with Crippen LogP contribution >= 0.6 is 0 Å². The Hall–Kier alpha value is -1.11. The van der Waals surface area contributed by atoms with Crippen molar-refractivity contribution >= 4 is 10.0 Å². The van der Waals surface area contributed by atoms with Crippen LogP contribution in [0.2, 0.25) is 0 Å². The largest absolute Gasteiger partial charge is 0.497 e. The lowest BCUT2D eigenvalue weighted by molar-refractivity contribution is 0.413. The van der Waals surface area contributed by atoms with Gasteiger partial charge in [-0.15, -0.1) is 0 Å². The zero-order valence-electron chi connectivity index (χ0n) is 12.3. The Balaban J connectivity index is 3.16. The molecule has 0 bridgehead atoms. The number of nitrogens with one attached hydrogen (secondary N) is 1. The van der Waals surface area contributed by atoms with Crippen molar-refractivity contribution < 1.29 is 13.2 Å². The van der Waals surface area contributed by atoms with Crippen molar-refractivity contribution in [2.75, 3.05) is 13.7 Å². The molecule has 1 aromatic rings. The molecular formula is C14H24N2O3S. The van der Waals surface area contributed by atoms with Gasteiger partial charge in [-0.25, -0.2) is 13.1 Å². The minimum atomic E-state index is -3.52. The van der Waals surface area contributed by atoms with E-state index in [2.05, 4.69) is 4.72 Å². The predicted molar refractivity (Wildman–Crippen MR) is 80.4 cm³/mol. The molecule has 1 aromatic carbocycles. The number of nitrogens with two attached hydrogens (primary N) is 1. The second-order valence-electron chi connectivity index (χ2n) is 4.65. The van der Waals surface area contributed by atoms with Gasteiger partial charge in [-0.1, -0.05) is 13.8 Å². The number of sulfonamides is 1. The lowest BCUT2D eigenvalue weighted by Gasteiger charge is -2.17. The average Bonchev–Trinajstić information content (AvgIpc) is 2.44. The minimum absolute atomic E-state index is 0.0483. The molecule has 0 aliphatic heterocycles. The summed E-state index contributed by atoms with van der Waals surface area (Å²) in [6.45, 7) is 4.32. The maximum Gasteiger partial charge on any atom is 0.241 e. The summed E-state index contributed by atoms with van der Waals surface area (Å²) in [5.74, 6) is 0.634. The highest BCUT2D eigenvalue weighted by atomic mass is 32.2. The molecule has 0 heterocycles. The van der Waals surface area contributed by atoms with Crippen molar-refractivity contribution in [1.29, 1.82) is 0 Å². The molecule has 0 saturated carbocycles. The lowest BCUT2D eigenvalue weighted by Crippen LogP contribution is -2.34. The summed E-state index contributed by atoms with van der Waals surface area (Å²) in [6, 6.07) is 4.91. The highest BCUT2D eigenvalue weighted by molar-refractivity contribution is 7.89. The van der Waals surface area contributed by atoms with Crippen LogP contribution in [0.4, 0.5) is 0 Å². The van der Waals surface area contributed by atoms with E-state index >= 15 is 0 Å². The van der Waals surface area contributed by atoms with Crippen LogP contribution in [0.1, 0.15) is 32.3 Å². The first-order valence-electron chi connectivity index (χ1n) is 6.87. The maximum absolute atomic E-state index is 12.5. The topological polar surface area (TPSA) is 81.4 Å². The van der Waals surface area contributed by atoms with Gasteiger partial charge in [0.05, 0.1) is 12.0 Å². The van der Waals surface area contributed by atoms with Crippen molar-refractivity contribution in [2.24, 2.45) is 5.73 Å². The summed E-state index contributed by atoms with van der Waals surface area (Å²) in [5.41, 5.74) is 6.25. The number of benzene rings is 1. The normalized spacial score (nSPS) is 11.8. The van der Waals surface area contributed by atoms with Crippen LogP contribution in [0.15, 0.2) is 23.1 Å². The van der Waals surface area contributed by atoms with Gasteiger partial charge in [0, 0.05) is 6.04 Å². The minimum Gasteiger partial charge on any atom is -0.497 e. The van der Waals surface area contributed by atoms with Gasteiger partial charge >= 0.3 is 0 Å². The average molecular weight is 300 g/mol. The van der Waals surface area contributed by atoms with Crippen molar-refractivity contribution in [2.45, 2.75) is 44.0 Å². The third-order valence-electron chi connectivity index (χ3n) is 3.28. The Morgan fingerprint density at radius 3 is 2.45 bits per heavy atom. The van der Waals surface area contributed by atoms with E-state index in [1.807, 2.05) is 13.8 Å². The van der Waals surface area contributed by atoms with E-state index in [0.29, 0.717) is 24.3 Å². The van der Waals surface area contributed by atoms with E-state index in [-0.39, 0.29) is 10.9 Å². The van der Waals surface area contributed by atoms with Gasteiger partial charge in [0.25, 0.3) is 0 Å². The van der Waals surface area contributed by atoms with E-state index in [1.165, 1.54) is 0 Å². The molecule has 114 valence electrons. The Labute approximate surface area is 121 Å². The van der Waals surface area contributed by atoms with Crippen molar-refractivity contribution in [1.82, 2.24) is 4.72 Å². The van der Waals surface area contributed by atoms with Crippen LogP contribution in [0.3, 0.4) is 0 Å². The zero-order valence-corrected chi connectivity index (χ0v) is 13.2. The van der Waals surface area contributed by atoms with E-state index in [4.69, 9.17) is 10.5 Å². The highest BCUT2D eigenvalue weighted by Gasteiger charge is 2.21. The second-order valence-corrected chi connectivity index (χ2v) is 6.33. The summed E-state index contributed by atoms with van der Waals surface area (Å²) in [7, 11) is -1.97. The monoisotopic (exact) mass is 300 g/mol. The molecule has 3 N–H and O–H groups in total. The quantitative estimate of drug-likeness (QED) is 0.765. The van der Waals surface area contributed by atoms with Gasteiger partial charge < -0.3 is 10.5 Å². The Morgan fingerprint density at radius 1 is 1.30 bits per heavy atom. The van der Waals surface area contributed by atoms with E-state index in [1.54, 1.807) is 25.3 Å². The van der Waals surface area contributed by atoms with Gasteiger partial charge in [0.1, 0.15) is 5.75 Å². The molecule has 0 aromatic heterocycles. The molecule has 1 rings (SSSR count). The number of hydrogen-bond acceptors (Lipinski definition) is 4. The van der Waals surface area contributed by atoms with Gasteiger partial charge in [0.2, 0.25) is 10.0 Å². The number of hydrogen-bond donors (Lipinski definition) is 2. The SMILES string of the molecule is CCC(CC)NS(=O)(=O)c1ccc(OC)cc1CCN. The molecule has 0 radical (unpaired) electrons. The van der Waals surface area contributed by atoms with Crippen LogP contribution in [-0.2, 0) is 16.4 Å². The van der Waals surface area contributed by atoms with Crippen LogP contribution in [0.5, 0.6) is 5.75 Å². The first-order valence-corrected chi connectivity index (χ1v) is 8.36.